The molecule has 0 saturated heterocycles. The zero-order valence-corrected chi connectivity index (χ0v) is 30.5. The summed E-state index contributed by atoms with van der Waals surface area (Å²) in [6.45, 7) is 4.20. The number of nitrogens with zero attached hydrogens (tertiary/aromatic N) is 5. The van der Waals surface area contributed by atoms with Crippen molar-refractivity contribution >= 4 is 66.7 Å². The first kappa shape index (κ1) is 33.3. The molecule has 0 fully saturated rings. The van der Waals surface area contributed by atoms with Crippen molar-refractivity contribution in [1.82, 2.24) is 4.57 Å². The molecule has 1 heterocycles. The number of aryl methyl sites for hydroxylation is 2. The summed E-state index contributed by atoms with van der Waals surface area (Å²) in [5.41, 5.74) is 12.7. The molecule has 0 amide bonds. The highest BCUT2D eigenvalue weighted by atomic mass is 15.1. The number of hydrogen-bond acceptors (Lipinski definition) is 4. The molecular formula is C50H35N5. The van der Waals surface area contributed by atoms with Crippen LogP contribution in [0.3, 0.4) is 0 Å². The van der Waals surface area contributed by atoms with Crippen LogP contribution in [0.1, 0.15) is 22.3 Å². The van der Waals surface area contributed by atoms with Gasteiger partial charge in [-0.15, -0.1) is 0 Å². The lowest BCUT2D eigenvalue weighted by atomic mass is 10.0. The van der Waals surface area contributed by atoms with Gasteiger partial charge in [0, 0.05) is 50.6 Å². The summed E-state index contributed by atoms with van der Waals surface area (Å²) in [4.78, 5) is 4.45. The van der Waals surface area contributed by atoms with E-state index in [0.29, 0.717) is 11.1 Å². The minimum atomic E-state index is 0.611. The van der Waals surface area contributed by atoms with Gasteiger partial charge in [-0.3, -0.25) is 0 Å². The molecular weight excluding hydrogens is 671 g/mol. The van der Waals surface area contributed by atoms with Crippen LogP contribution in [0.4, 0.5) is 34.1 Å². The summed E-state index contributed by atoms with van der Waals surface area (Å²) in [6.07, 6.45) is 0. The number of para-hydroxylation sites is 1. The molecule has 9 aromatic rings. The first-order valence-electron chi connectivity index (χ1n) is 18.3. The Labute approximate surface area is 320 Å². The third-order valence-electron chi connectivity index (χ3n) is 10.2. The monoisotopic (exact) mass is 705 g/mol. The van der Waals surface area contributed by atoms with Crippen LogP contribution in [-0.2, 0) is 0 Å². The molecule has 0 unspecified atom stereocenters. The smallest absolute Gasteiger partial charge is 0.0992 e. The average Bonchev–Trinajstić information content (AvgIpc) is 3.53. The lowest BCUT2D eigenvalue weighted by molar-refractivity contribution is 1.18. The highest BCUT2D eigenvalue weighted by molar-refractivity contribution is 6.14. The number of benzene rings is 8. The van der Waals surface area contributed by atoms with Gasteiger partial charge in [0.2, 0.25) is 0 Å². The van der Waals surface area contributed by atoms with Gasteiger partial charge in [-0.1, -0.05) is 66.7 Å². The first-order valence-corrected chi connectivity index (χ1v) is 18.3. The molecule has 8 aromatic carbocycles. The summed E-state index contributed by atoms with van der Waals surface area (Å²) in [5, 5.41) is 24.1. The van der Waals surface area contributed by atoms with Gasteiger partial charge in [-0.05, 0) is 145 Å². The second-order valence-corrected chi connectivity index (χ2v) is 13.9. The van der Waals surface area contributed by atoms with Gasteiger partial charge in [-0.25, -0.2) is 0 Å². The summed E-state index contributed by atoms with van der Waals surface area (Å²) in [5.74, 6) is 0. The van der Waals surface area contributed by atoms with E-state index >= 15 is 0 Å². The maximum Gasteiger partial charge on any atom is 0.0992 e. The molecule has 0 saturated carbocycles. The van der Waals surface area contributed by atoms with E-state index in [0.717, 1.165) is 83.5 Å². The second kappa shape index (κ2) is 13.7. The van der Waals surface area contributed by atoms with E-state index < -0.39 is 0 Å². The van der Waals surface area contributed by atoms with Crippen LogP contribution in [-0.4, -0.2) is 4.57 Å². The third kappa shape index (κ3) is 6.11. The highest BCUT2D eigenvalue weighted by Gasteiger charge is 2.20. The van der Waals surface area contributed by atoms with Crippen LogP contribution in [0, 0.1) is 36.5 Å². The van der Waals surface area contributed by atoms with Crippen LogP contribution < -0.4 is 9.80 Å². The van der Waals surface area contributed by atoms with Crippen LogP contribution in [0.25, 0.3) is 38.3 Å². The summed E-state index contributed by atoms with van der Waals surface area (Å²) >= 11 is 0. The zero-order chi connectivity index (χ0) is 37.5. The quantitative estimate of drug-likeness (QED) is 0.166. The zero-order valence-electron chi connectivity index (χ0n) is 30.5. The van der Waals surface area contributed by atoms with E-state index in [1.54, 1.807) is 0 Å². The number of nitriles is 2. The first-order chi connectivity index (χ1) is 27.0. The van der Waals surface area contributed by atoms with Crippen LogP contribution >= 0.6 is 0 Å². The van der Waals surface area contributed by atoms with E-state index in [9.17, 15) is 10.5 Å². The van der Waals surface area contributed by atoms with E-state index in [2.05, 4.69) is 174 Å². The molecule has 5 nitrogen and oxygen atoms in total. The molecule has 0 aliphatic rings. The van der Waals surface area contributed by atoms with Gasteiger partial charge < -0.3 is 14.4 Å². The summed E-state index contributed by atoms with van der Waals surface area (Å²) in [6, 6.07) is 65.5. The van der Waals surface area contributed by atoms with Crippen molar-refractivity contribution in [3.63, 3.8) is 0 Å². The molecule has 1 aromatic heterocycles. The van der Waals surface area contributed by atoms with Crippen molar-refractivity contribution in [2.24, 2.45) is 0 Å². The average molecular weight is 706 g/mol. The van der Waals surface area contributed by atoms with Gasteiger partial charge in [-0.2, -0.15) is 10.5 Å². The SMILES string of the molecule is Cc1cccc(N(c2cccc(C#N)c2)c2ccc3cc4c5ccc(N(c6cccc(C)c6)c6cccc(C#N)c6)cc5n(-c5ccccc5)c4cc3c2)c1. The van der Waals surface area contributed by atoms with Gasteiger partial charge in [0.15, 0.2) is 0 Å². The van der Waals surface area contributed by atoms with Crippen LogP contribution in [0.15, 0.2) is 176 Å². The molecule has 0 spiro atoms. The Hall–Kier alpha value is -7.60. The predicted molar refractivity (Wildman–Crippen MR) is 227 cm³/mol. The Kier molecular flexibility index (Phi) is 8.31. The van der Waals surface area contributed by atoms with E-state index in [4.69, 9.17) is 0 Å². The number of fused-ring (bicyclic) bond motifs is 4. The van der Waals surface area contributed by atoms with Crippen molar-refractivity contribution in [2.75, 3.05) is 9.80 Å². The molecule has 260 valence electrons. The van der Waals surface area contributed by atoms with Crippen molar-refractivity contribution in [3.05, 3.63) is 198 Å². The van der Waals surface area contributed by atoms with Gasteiger partial charge >= 0.3 is 0 Å². The Bertz CT molecular complexity index is 3000. The lowest BCUT2D eigenvalue weighted by Crippen LogP contribution is -2.10. The number of aromatic nitrogens is 1. The van der Waals surface area contributed by atoms with Gasteiger partial charge in [0.25, 0.3) is 0 Å². The fourth-order valence-electron chi connectivity index (χ4n) is 7.73. The minimum Gasteiger partial charge on any atom is -0.310 e. The predicted octanol–water partition coefficient (Wildman–Crippen LogP) is 13.2. The molecule has 0 aliphatic carbocycles. The molecule has 0 bridgehead atoms. The van der Waals surface area contributed by atoms with Gasteiger partial charge in [0.1, 0.15) is 0 Å². The minimum absolute atomic E-state index is 0.611. The van der Waals surface area contributed by atoms with Crippen molar-refractivity contribution in [1.29, 1.82) is 10.5 Å². The van der Waals surface area contributed by atoms with Crippen molar-refractivity contribution in [3.8, 4) is 17.8 Å². The Morgan fingerprint density at radius 2 is 0.909 bits per heavy atom. The van der Waals surface area contributed by atoms with Gasteiger partial charge in [0.05, 0.1) is 34.3 Å². The fourth-order valence-corrected chi connectivity index (χ4v) is 7.73. The topological polar surface area (TPSA) is 59.0 Å². The summed E-state index contributed by atoms with van der Waals surface area (Å²) in [7, 11) is 0. The molecule has 55 heavy (non-hydrogen) atoms. The number of rotatable bonds is 7. The van der Waals surface area contributed by atoms with E-state index in [1.807, 2.05) is 42.5 Å². The number of hydrogen-bond donors (Lipinski definition) is 0. The fraction of sp³-hybridized carbons (Fsp3) is 0.0400. The van der Waals surface area contributed by atoms with Crippen molar-refractivity contribution in [2.45, 2.75) is 13.8 Å². The molecule has 5 heteroatoms. The Balaban J connectivity index is 1.27. The Morgan fingerprint density at radius 3 is 1.49 bits per heavy atom. The standard InChI is InChI=1S/C50H35N5/c1-34-10-6-16-41(24-34)53(43-18-8-12-36(26-43)32-51)45-21-20-38-29-48-47-23-22-46(31-50(47)55(40-14-4-3-5-15-40)49(48)30-39(38)28-45)54(42-17-7-11-35(2)25-42)44-19-9-13-37(27-44)33-52/h3-31H,1-2H3. The maximum absolute atomic E-state index is 9.80. The number of anilines is 6. The molecule has 0 aliphatic heterocycles. The van der Waals surface area contributed by atoms with Crippen molar-refractivity contribution < 1.29 is 0 Å². The normalized spacial score (nSPS) is 11.1. The Morgan fingerprint density at radius 1 is 0.400 bits per heavy atom. The van der Waals surface area contributed by atoms with E-state index in [1.165, 1.54) is 0 Å². The maximum atomic E-state index is 9.80. The lowest BCUT2D eigenvalue weighted by Gasteiger charge is -2.26. The third-order valence-corrected chi connectivity index (χ3v) is 10.2. The van der Waals surface area contributed by atoms with Crippen LogP contribution in [0.5, 0.6) is 0 Å². The molecule has 0 atom stereocenters. The molecule has 0 N–H and O–H groups in total. The largest absolute Gasteiger partial charge is 0.310 e. The van der Waals surface area contributed by atoms with Crippen LogP contribution in [0.2, 0.25) is 0 Å². The van der Waals surface area contributed by atoms with E-state index in [-0.39, 0.29) is 0 Å². The summed E-state index contributed by atoms with van der Waals surface area (Å²) < 4.78 is 2.36. The molecule has 0 radical (unpaired) electrons. The highest BCUT2D eigenvalue weighted by Crippen LogP contribution is 2.42. The molecule has 9 rings (SSSR count). The second-order valence-electron chi connectivity index (χ2n) is 13.9.